The minimum absolute atomic E-state index is 0.00408. The van der Waals surface area contributed by atoms with Crippen molar-refractivity contribution in [3.8, 4) is 11.1 Å². The van der Waals surface area contributed by atoms with Gasteiger partial charge >= 0.3 is 0 Å². The fraction of sp³-hybridized carbons (Fsp3) is 0.0588. The van der Waals surface area contributed by atoms with E-state index in [1.165, 1.54) is 26.7 Å². The van der Waals surface area contributed by atoms with Gasteiger partial charge in [0.1, 0.15) is 4.83 Å². The van der Waals surface area contributed by atoms with E-state index in [9.17, 15) is 4.79 Å². The zero-order chi connectivity index (χ0) is 14.4. The summed E-state index contributed by atoms with van der Waals surface area (Å²) in [6.07, 6.45) is 1.57. The van der Waals surface area contributed by atoms with E-state index in [4.69, 9.17) is 0 Å². The Morgan fingerprint density at radius 2 is 1.90 bits per heavy atom. The summed E-state index contributed by atoms with van der Waals surface area (Å²) >= 11 is 1.51. The first-order valence-electron chi connectivity index (χ1n) is 6.66. The Kier molecular flexibility index (Phi) is 2.65. The van der Waals surface area contributed by atoms with Crippen molar-refractivity contribution in [1.82, 2.24) is 9.55 Å². The van der Waals surface area contributed by atoms with Crippen LogP contribution in [-0.4, -0.2) is 9.55 Å². The van der Waals surface area contributed by atoms with Crippen molar-refractivity contribution in [3.05, 3.63) is 64.5 Å². The van der Waals surface area contributed by atoms with Crippen LogP contribution in [0.5, 0.6) is 0 Å². The second kappa shape index (κ2) is 4.53. The maximum absolute atomic E-state index is 12.4. The summed E-state index contributed by atoms with van der Waals surface area (Å²) < 4.78 is 1.53. The molecule has 0 bridgehead atoms. The second-order valence-corrected chi connectivity index (χ2v) is 5.91. The molecule has 4 aromatic rings. The van der Waals surface area contributed by atoms with Gasteiger partial charge in [-0.25, -0.2) is 4.98 Å². The van der Waals surface area contributed by atoms with Crippen LogP contribution >= 0.6 is 11.3 Å². The van der Waals surface area contributed by atoms with Gasteiger partial charge in [0.2, 0.25) is 0 Å². The van der Waals surface area contributed by atoms with E-state index in [0.717, 1.165) is 16.0 Å². The lowest BCUT2D eigenvalue weighted by Gasteiger charge is -2.03. The van der Waals surface area contributed by atoms with Gasteiger partial charge in [-0.2, -0.15) is 0 Å². The number of hydrogen-bond acceptors (Lipinski definition) is 3. The minimum Gasteiger partial charge on any atom is -0.302 e. The third-order valence-electron chi connectivity index (χ3n) is 3.71. The molecular formula is C17H12N2OS. The van der Waals surface area contributed by atoms with E-state index < -0.39 is 0 Å². The number of aromatic nitrogens is 2. The highest BCUT2D eigenvalue weighted by atomic mass is 32.1. The molecule has 4 rings (SSSR count). The molecule has 0 fully saturated rings. The van der Waals surface area contributed by atoms with Gasteiger partial charge in [-0.3, -0.25) is 4.79 Å². The predicted octanol–water partition coefficient (Wildman–Crippen LogP) is 3.82. The number of thiophene rings is 1. The van der Waals surface area contributed by atoms with Crippen LogP contribution in [0.2, 0.25) is 0 Å². The van der Waals surface area contributed by atoms with Crippen LogP contribution in [0.4, 0.5) is 0 Å². The SMILES string of the molecule is Cn1cnc2scc(-c3ccc4ccccc4c3)c2c1=O. The van der Waals surface area contributed by atoms with Gasteiger partial charge in [0, 0.05) is 18.0 Å². The summed E-state index contributed by atoms with van der Waals surface area (Å²) in [5.74, 6) is 0. The standard InChI is InChI=1S/C17H12N2OS/c1-19-10-18-16-15(17(19)20)14(9-21-16)13-7-6-11-4-2-3-5-12(11)8-13/h2-10H,1H3. The second-order valence-electron chi connectivity index (χ2n) is 5.05. The molecule has 0 aliphatic heterocycles. The maximum atomic E-state index is 12.4. The van der Waals surface area contributed by atoms with Gasteiger partial charge in [-0.1, -0.05) is 36.4 Å². The normalized spacial score (nSPS) is 11.3. The molecule has 0 aliphatic carbocycles. The molecule has 2 heterocycles. The summed E-state index contributed by atoms with van der Waals surface area (Å²) in [4.78, 5) is 17.5. The summed E-state index contributed by atoms with van der Waals surface area (Å²) in [6.45, 7) is 0. The quantitative estimate of drug-likeness (QED) is 0.534. The molecule has 0 aliphatic rings. The third-order valence-corrected chi connectivity index (χ3v) is 4.60. The van der Waals surface area contributed by atoms with Crippen molar-refractivity contribution in [1.29, 1.82) is 0 Å². The minimum atomic E-state index is 0.00408. The highest BCUT2D eigenvalue weighted by Gasteiger charge is 2.12. The van der Waals surface area contributed by atoms with E-state index in [0.29, 0.717) is 5.39 Å². The topological polar surface area (TPSA) is 34.9 Å². The highest BCUT2D eigenvalue weighted by Crippen LogP contribution is 2.32. The lowest BCUT2D eigenvalue weighted by Crippen LogP contribution is -2.16. The molecule has 21 heavy (non-hydrogen) atoms. The molecule has 0 N–H and O–H groups in total. The van der Waals surface area contributed by atoms with Crippen molar-refractivity contribution in [2.75, 3.05) is 0 Å². The summed E-state index contributed by atoms with van der Waals surface area (Å²) in [5, 5.41) is 5.10. The molecule has 0 radical (unpaired) electrons. The summed E-state index contributed by atoms with van der Waals surface area (Å²) in [6, 6.07) is 14.5. The first-order valence-corrected chi connectivity index (χ1v) is 7.54. The highest BCUT2D eigenvalue weighted by molar-refractivity contribution is 7.17. The average Bonchev–Trinajstić information content (AvgIpc) is 2.95. The van der Waals surface area contributed by atoms with Crippen molar-refractivity contribution < 1.29 is 0 Å². The molecule has 2 aromatic carbocycles. The molecule has 3 nitrogen and oxygen atoms in total. The number of fused-ring (bicyclic) bond motifs is 2. The predicted molar refractivity (Wildman–Crippen MR) is 87.8 cm³/mol. The smallest absolute Gasteiger partial charge is 0.262 e. The van der Waals surface area contributed by atoms with E-state index in [1.807, 2.05) is 17.5 Å². The van der Waals surface area contributed by atoms with Crippen LogP contribution in [0.15, 0.2) is 59.0 Å². The third kappa shape index (κ3) is 1.87. The lowest BCUT2D eigenvalue weighted by molar-refractivity contribution is 0.845. The van der Waals surface area contributed by atoms with Crippen LogP contribution < -0.4 is 5.56 Å². The zero-order valence-corrected chi connectivity index (χ0v) is 12.2. The van der Waals surface area contributed by atoms with Gasteiger partial charge < -0.3 is 4.57 Å². The van der Waals surface area contributed by atoms with Crippen LogP contribution in [0.3, 0.4) is 0 Å². The molecular weight excluding hydrogens is 280 g/mol. The molecule has 0 saturated heterocycles. The summed E-state index contributed by atoms with van der Waals surface area (Å²) in [7, 11) is 1.73. The fourth-order valence-corrected chi connectivity index (χ4v) is 3.49. The molecule has 102 valence electrons. The van der Waals surface area contributed by atoms with Crippen molar-refractivity contribution in [2.24, 2.45) is 7.05 Å². The van der Waals surface area contributed by atoms with E-state index >= 15 is 0 Å². The lowest BCUT2D eigenvalue weighted by atomic mass is 10.0. The summed E-state index contributed by atoms with van der Waals surface area (Å²) in [5.41, 5.74) is 2.03. The number of aryl methyl sites for hydroxylation is 1. The molecule has 0 saturated carbocycles. The monoisotopic (exact) mass is 292 g/mol. The van der Waals surface area contributed by atoms with E-state index in [-0.39, 0.29) is 5.56 Å². The Balaban J connectivity index is 2.04. The largest absolute Gasteiger partial charge is 0.302 e. The van der Waals surface area contributed by atoms with Crippen molar-refractivity contribution in [3.63, 3.8) is 0 Å². The van der Waals surface area contributed by atoms with Gasteiger partial charge in [0.05, 0.1) is 11.7 Å². The Morgan fingerprint density at radius 3 is 2.76 bits per heavy atom. The zero-order valence-electron chi connectivity index (χ0n) is 11.4. The fourth-order valence-electron chi connectivity index (χ4n) is 2.59. The number of rotatable bonds is 1. The first-order chi connectivity index (χ1) is 10.2. The van der Waals surface area contributed by atoms with Crippen LogP contribution in [-0.2, 0) is 7.05 Å². The van der Waals surface area contributed by atoms with Crippen LogP contribution in [0, 0.1) is 0 Å². The molecule has 0 atom stereocenters. The van der Waals surface area contributed by atoms with Crippen LogP contribution in [0.1, 0.15) is 0 Å². The van der Waals surface area contributed by atoms with Crippen LogP contribution in [0.25, 0.3) is 32.1 Å². The Bertz CT molecular complexity index is 1030. The van der Waals surface area contributed by atoms with Crippen molar-refractivity contribution in [2.45, 2.75) is 0 Å². The molecule has 0 spiro atoms. The Labute approximate surface area is 125 Å². The molecule has 0 amide bonds. The van der Waals surface area contributed by atoms with Gasteiger partial charge in [0.25, 0.3) is 5.56 Å². The molecule has 0 unspecified atom stereocenters. The Hall–Kier alpha value is -2.46. The maximum Gasteiger partial charge on any atom is 0.262 e. The Morgan fingerprint density at radius 1 is 1.10 bits per heavy atom. The van der Waals surface area contributed by atoms with Gasteiger partial charge in [0.15, 0.2) is 0 Å². The van der Waals surface area contributed by atoms with Gasteiger partial charge in [-0.15, -0.1) is 11.3 Å². The number of hydrogen-bond donors (Lipinski definition) is 0. The molecule has 4 heteroatoms. The first kappa shape index (κ1) is 12.3. The van der Waals surface area contributed by atoms with E-state index in [1.54, 1.807) is 13.4 Å². The molecule has 2 aromatic heterocycles. The van der Waals surface area contributed by atoms with Crippen molar-refractivity contribution >= 4 is 32.3 Å². The average molecular weight is 292 g/mol. The number of benzene rings is 2. The number of nitrogens with zero attached hydrogens (tertiary/aromatic N) is 2. The van der Waals surface area contributed by atoms with E-state index in [2.05, 4.69) is 35.3 Å². The van der Waals surface area contributed by atoms with Gasteiger partial charge in [-0.05, 0) is 22.4 Å².